The standard InChI is InChI=1S/C59H54N2/c1-4-13-48(14-5-1)50-25-33-56(34-26-50)60(54-15-6-2-7-16-54)58-37-29-52(30-38-58)53-31-39-59(40-32-53)61(55-17-8-3-9-18-55)57-35-27-51(28-36-57)49-23-21-44(22-24-49)19-20-47-42-45-11-10-12-46(41-45)43-47/h1-9,13-18,21-40,45-47H,10-12,19-20,41-43H2. The van der Waals surface area contributed by atoms with Gasteiger partial charge < -0.3 is 9.80 Å². The molecule has 300 valence electrons. The molecule has 2 heteroatoms. The maximum Gasteiger partial charge on any atom is 0.0462 e. The Bertz CT molecular complexity index is 2590. The first-order chi connectivity index (χ1) is 30.2. The number of hydrogen-bond acceptors (Lipinski definition) is 2. The molecule has 2 bridgehead atoms. The summed E-state index contributed by atoms with van der Waals surface area (Å²) in [6.45, 7) is 0. The number of benzene rings is 8. The molecule has 0 heterocycles. The predicted octanol–water partition coefficient (Wildman–Crippen LogP) is 16.8. The van der Waals surface area contributed by atoms with Crippen LogP contribution in [0.15, 0.2) is 212 Å². The van der Waals surface area contributed by atoms with E-state index in [1.165, 1.54) is 90.3 Å². The molecule has 0 saturated heterocycles. The summed E-state index contributed by atoms with van der Waals surface area (Å²) in [4.78, 5) is 4.67. The predicted molar refractivity (Wildman–Crippen MR) is 259 cm³/mol. The average molecular weight is 791 g/mol. The lowest BCUT2D eigenvalue weighted by Crippen LogP contribution is -2.27. The van der Waals surface area contributed by atoms with Gasteiger partial charge in [-0.2, -0.15) is 0 Å². The number of nitrogens with zero attached hydrogens (tertiary/aromatic N) is 2. The second-order valence-corrected chi connectivity index (χ2v) is 17.4. The number of hydrogen-bond donors (Lipinski definition) is 0. The van der Waals surface area contributed by atoms with Gasteiger partial charge in [-0.1, -0.05) is 159 Å². The van der Waals surface area contributed by atoms with Crippen molar-refractivity contribution in [3.63, 3.8) is 0 Å². The van der Waals surface area contributed by atoms with Crippen molar-refractivity contribution in [3.8, 4) is 33.4 Å². The summed E-state index contributed by atoms with van der Waals surface area (Å²) in [6, 6.07) is 77.0. The van der Waals surface area contributed by atoms with Crippen molar-refractivity contribution in [1.82, 2.24) is 0 Å². The van der Waals surface area contributed by atoms with Gasteiger partial charge in [-0.3, -0.25) is 0 Å². The Morgan fingerprint density at radius 2 is 0.623 bits per heavy atom. The van der Waals surface area contributed by atoms with E-state index in [1.54, 1.807) is 0 Å². The Kier molecular flexibility index (Phi) is 11.3. The van der Waals surface area contributed by atoms with Gasteiger partial charge in [0.05, 0.1) is 0 Å². The van der Waals surface area contributed by atoms with E-state index in [0.29, 0.717) is 0 Å². The summed E-state index contributed by atoms with van der Waals surface area (Å²) in [7, 11) is 0. The van der Waals surface area contributed by atoms with E-state index < -0.39 is 0 Å². The lowest BCUT2D eigenvalue weighted by atomic mass is 9.67. The first-order valence-corrected chi connectivity index (χ1v) is 22.5. The molecule has 2 nitrogen and oxygen atoms in total. The Labute approximate surface area is 362 Å². The van der Waals surface area contributed by atoms with Gasteiger partial charge in [0.1, 0.15) is 0 Å². The molecule has 61 heavy (non-hydrogen) atoms. The van der Waals surface area contributed by atoms with Crippen LogP contribution in [0.2, 0.25) is 0 Å². The van der Waals surface area contributed by atoms with Crippen molar-refractivity contribution in [2.24, 2.45) is 17.8 Å². The minimum atomic E-state index is 0.929. The van der Waals surface area contributed by atoms with E-state index >= 15 is 0 Å². The van der Waals surface area contributed by atoms with E-state index in [1.807, 2.05) is 0 Å². The molecule has 2 saturated carbocycles. The maximum atomic E-state index is 2.36. The quantitative estimate of drug-likeness (QED) is 0.122. The summed E-state index contributed by atoms with van der Waals surface area (Å²) in [5.74, 6) is 2.95. The third kappa shape index (κ3) is 8.82. The molecule has 0 aromatic heterocycles. The third-order valence-corrected chi connectivity index (χ3v) is 13.3. The highest BCUT2D eigenvalue weighted by Gasteiger charge is 2.31. The zero-order chi connectivity index (χ0) is 40.8. The molecule has 2 unspecified atom stereocenters. The molecular weight excluding hydrogens is 737 g/mol. The van der Waals surface area contributed by atoms with Crippen LogP contribution in [-0.2, 0) is 6.42 Å². The Balaban J connectivity index is 0.850. The summed E-state index contributed by atoms with van der Waals surface area (Å²) >= 11 is 0. The highest BCUT2D eigenvalue weighted by molar-refractivity contribution is 5.82. The largest absolute Gasteiger partial charge is 0.311 e. The number of aryl methyl sites for hydroxylation is 1. The van der Waals surface area contributed by atoms with Gasteiger partial charge >= 0.3 is 0 Å². The molecule has 10 rings (SSSR count). The fourth-order valence-electron chi connectivity index (χ4n) is 10.2. The molecule has 0 amide bonds. The smallest absolute Gasteiger partial charge is 0.0462 e. The number of rotatable bonds is 12. The molecule has 2 fully saturated rings. The normalized spacial score (nSPS) is 17.1. The minimum absolute atomic E-state index is 0.929. The van der Waals surface area contributed by atoms with E-state index in [0.717, 1.165) is 51.9 Å². The van der Waals surface area contributed by atoms with Crippen LogP contribution in [0.3, 0.4) is 0 Å². The van der Waals surface area contributed by atoms with E-state index in [-0.39, 0.29) is 0 Å². The van der Waals surface area contributed by atoms with Crippen LogP contribution in [0.5, 0.6) is 0 Å². The molecule has 0 aliphatic heterocycles. The Morgan fingerprint density at radius 1 is 0.311 bits per heavy atom. The minimum Gasteiger partial charge on any atom is -0.311 e. The van der Waals surface area contributed by atoms with E-state index in [2.05, 4.69) is 222 Å². The van der Waals surface area contributed by atoms with Gasteiger partial charge in [0.25, 0.3) is 0 Å². The lowest BCUT2D eigenvalue weighted by Gasteiger charge is -2.39. The average Bonchev–Trinajstić information content (AvgIpc) is 3.33. The van der Waals surface area contributed by atoms with Crippen molar-refractivity contribution >= 4 is 34.1 Å². The third-order valence-electron chi connectivity index (χ3n) is 13.3. The van der Waals surface area contributed by atoms with E-state index in [9.17, 15) is 0 Å². The number of para-hydroxylation sites is 2. The number of fused-ring (bicyclic) bond motifs is 2. The van der Waals surface area contributed by atoms with Crippen LogP contribution in [0.4, 0.5) is 34.1 Å². The Hall–Kier alpha value is -6.64. The van der Waals surface area contributed by atoms with Gasteiger partial charge in [0.2, 0.25) is 0 Å². The summed E-state index contributed by atoms with van der Waals surface area (Å²) in [5.41, 5.74) is 15.6. The summed E-state index contributed by atoms with van der Waals surface area (Å²) in [5, 5.41) is 0. The molecule has 8 aromatic rings. The SMILES string of the molecule is c1ccc(-c2ccc(N(c3ccccc3)c3ccc(-c4ccc(N(c5ccccc5)c5ccc(-c6ccc(CCC7CC8CCCC(C8)C7)cc6)cc5)cc4)cc3)cc2)cc1. The fraction of sp³-hybridized carbons (Fsp3) is 0.186. The van der Waals surface area contributed by atoms with Crippen molar-refractivity contribution in [1.29, 1.82) is 0 Å². The van der Waals surface area contributed by atoms with Crippen molar-refractivity contribution in [3.05, 3.63) is 218 Å². The Morgan fingerprint density at radius 3 is 1.00 bits per heavy atom. The molecule has 8 aromatic carbocycles. The second-order valence-electron chi connectivity index (χ2n) is 17.4. The fourth-order valence-corrected chi connectivity index (χ4v) is 10.2. The van der Waals surface area contributed by atoms with Gasteiger partial charge in [-0.25, -0.2) is 0 Å². The van der Waals surface area contributed by atoms with Crippen molar-refractivity contribution in [2.45, 2.75) is 51.4 Å². The van der Waals surface area contributed by atoms with Crippen LogP contribution in [0, 0.1) is 17.8 Å². The van der Waals surface area contributed by atoms with Gasteiger partial charge in [-0.15, -0.1) is 0 Å². The van der Waals surface area contributed by atoms with Crippen LogP contribution in [0.1, 0.15) is 50.5 Å². The molecule has 0 spiro atoms. The van der Waals surface area contributed by atoms with Crippen molar-refractivity contribution < 1.29 is 0 Å². The summed E-state index contributed by atoms with van der Waals surface area (Å²) in [6.07, 6.45) is 11.4. The lowest BCUT2D eigenvalue weighted by molar-refractivity contribution is 0.132. The van der Waals surface area contributed by atoms with Gasteiger partial charge in [-0.05, 0) is 162 Å². The van der Waals surface area contributed by atoms with E-state index in [4.69, 9.17) is 0 Å². The number of anilines is 6. The van der Waals surface area contributed by atoms with Crippen LogP contribution >= 0.6 is 0 Å². The van der Waals surface area contributed by atoms with Crippen LogP contribution in [-0.4, -0.2) is 0 Å². The molecule has 2 aliphatic carbocycles. The van der Waals surface area contributed by atoms with Gasteiger partial charge in [0.15, 0.2) is 0 Å². The highest BCUT2D eigenvalue weighted by Crippen LogP contribution is 2.44. The first kappa shape index (κ1) is 38.6. The monoisotopic (exact) mass is 790 g/mol. The maximum absolute atomic E-state index is 2.36. The van der Waals surface area contributed by atoms with Crippen LogP contribution < -0.4 is 9.80 Å². The first-order valence-electron chi connectivity index (χ1n) is 22.5. The molecule has 2 aliphatic rings. The zero-order valence-corrected chi connectivity index (χ0v) is 35.0. The zero-order valence-electron chi connectivity index (χ0n) is 35.0. The molecule has 2 atom stereocenters. The van der Waals surface area contributed by atoms with Crippen molar-refractivity contribution in [2.75, 3.05) is 9.80 Å². The molecule has 0 radical (unpaired) electrons. The summed E-state index contributed by atoms with van der Waals surface area (Å²) < 4.78 is 0. The highest BCUT2D eigenvalue weighted by atomic mass is 15.1. The molecular formula is C59H54N2. The second kappa shape index (κ2) is 17.9. The topological polar surface area (TPSA) is 6.48 Å². The van der Waals surface area contributed by atoms with Crippen LogP contribution in [0.25, 0.3) is 33.4 Å². The molecule has 0 N–H and O–H groups in total. The van der Waals surface area contributed by atoms with Gasteiger partial charge in [0, 0.05) is 34.1 Å².